The molecule has 5 heteroatoms. The second-order valence-electron chi connectivity index (χ2n) is 8.69. The molecule has 0 aliphatic carbocycles. The molecule has 0 aliphatic rings. The lowest BCUT2D eigenvalue weighted by Gasteiger charge is -2.10. The van der Waals surface area contributed by atoms with Crippen LogP contribution in [0.5, 0.6) is 5.75 Å². The van der Waals surface area contributed by atoms with Crippen molar-refractivity contribution < 1.29 is 22.3 Å². The van der Waals surface area contributed by atoms with Crippen LogP contribution < -0.4 is 4.74 Å². The van der Waals surface area contributed by atoms with Crippen molar-refractivity contribution in [3.8, 4) is 17.6 Å². The summed E-state index contributed by atoms with van der Waals surface area (Å²) in [4.78, 5) is 0. The predicted molar refractivity (Wildman–Crippen MR) is 135 cm³/mol. The van der Waals surface area contributed by atoms with Gasteiger partial charge in [-0.2, -0.15) is 0 Å². The maximum absolute atomic E-state index is 14.7. The molecule has 36 heavy (non-hydrogen) atoms. The van der Waals surface area contributed by atoms with Crippen LogP contribution in [0.4, 0.5) is 17.6 Å². The van der Waals surface area contributed by atoms with Gasteiger partial charge in [-0.05, 0) is 72.0 Å². The Morgan fingerprint density at radius 1 is 0.694 bits per heavy atom. The third-order valence-corrected chi connectivity index (χ3v) is 5.97. The standard InChI is InChI=1S/C31H26F4O/c1-2-3-4-15-36-27-19-30(34)28(31(35)20-27)14-8-22-6-10-23(29(33)17-22)9-5-21-7-11-25-18-26(32)13-12-24(25)16-21/h6-7,10-13,16-20H,2-4,8,14-15H2,1H3. The third kappa shape index (κ3) is 6.46. The number of rotatable bonds is 8. The van der Waals surface area contributed by atoms with E-state index in [-0.39, 0.29) is 35.5 Å². The van der Waals surface area contributed by atoms with Gasteiger partial charge < -0.3 is 4.74 Å². The van der Waals surface area contributed by atoms with E-state index in [2.05, 4.69) is 18.8 Å². The van der Waals surface area contributed by atoms with Gasteiger partial charge in [0.05, 0.1) is 12.2 Å². The van der Waals surface area contributed by atoms with Gasteiger partial charge in [-0.3, -0.25) is 0 Å². The lowest BCUT2D eigenvalue weighted by Crippen LogP contribution is -2.03. The van der Waals surface area contributed by atoms with E-state index in [9.17, 15) is 17.6 Å². The summed E-state index contributed by atoms with van der Waals surface area (Å²) in [6, 6.07) is 16.9. The molecule has 0 saturated carbocycles. The topological polar surface area (TPSA) is 9.23 Å². The predicted octanol–water partition coefficient (Wildman–Crippen LogP) is 8.15. The second kappa shape index (κ2) is 11.8. The number of ether oxygens (including phenoxy) is 1. The molecule has 0 fully saturated rings. The first-order chi connectivity index (χ1) is 17.4. The molecule has 4 rings (SSSR count). The zero-order chi connectivity index (χ0) is 25.5. The fraction of sp³-hybridized carbons (Fsp3) is 0.226. The Morgan fingerprint density at radius 2 is 1.44 bits per heavy atom. The van der Waals surface area contributed by atoms with Gasteiger partial charge in [-0.25, -0.2) is 17.6 Å². The Labute approximate surface area is 208 Å². The quantitative estimate of drug-likeness (QED) is 0.138. The summed E-state index contributed by atoms with van der Waals surface area (Å²) in [7, 11) is 0. The summed E-state index contributed by atoms with van der Waals surface area (Å²) < 4.78 is 62.4. The zero-order valence-electron chi connectivity index (χ0n) is 20.0. The van der Waals surface area contributed by atoms with E-state index < -0.39 is 17.5 Å². The highest BCUT2D eigenvalue weighted by Crippen LogP contribution is 2.23. The van der Waals surface area contributed by atoms with Gasteiger partial charge in [-0.15, -0.1) is 0 Å². The van der Waals surface area contributed by atoms with Crippen LogP contribution in [0.2, 0.25) is 0 Å². The molecule has 0 spiro atoms. The van der Waals surface area contributed by atoms with Gasteiger partial charge >= 0.3 is 0 Å². The van der Waals surface area contributed by atoms with Crippen LogP contribution in [0.25, 0.3) is 10.8 Å². The molecule has 1 nitrogen and oxygen atoms in total. The summed E-state index contributed by atoms with van der Waals surface area (Å²) in [6.07, 6.45) is 3.23. The number of aryl methyl sites for hydroxylation is 1. The van der Waals surface area contributed by atoms with Crippen molar-refractivity contribution in [1.29, 1.82) is 0 Å². The molecule has 0 radical (unpaired) electrons. The fourth-order valence-corrected chi connectivity index (χ4v) is 3.96. The van der Waals surface area contributed by atoms with E-state index >= 15 is 0 Å². The molecule has 4 aromatic carbocycles. The van der Waals surface area contributed by atoms with Crippen molar-refractivity contribution in [3.05, 3.63) is 112 Å². The van der Waals surface area contributed by atoms with Crippen molar-refractivity contribution in [2.45, 2.75) is 39.0 Å². The van der Waals surface area contributed by atoms with E-state index in [0.29, 0.717) is 17.7 Å². The highest BCUT2D eigenvalue weighted by molar-refractivity contribution is 5.84. The molecule has 0 N–H and O–H groups in total. The molecule has 0 saturated heterocycles. The average molecular weight is 491 g/mol. The van der Waals surface area contributed by atoms with E-state index in [1.165, 1.54) is 30.3 Å². The lowest BCUT2D eigenvalue weighted by atomic mass is 10.0. The van der Waals surface area contributed by atoms with E-state index in [0.717, 1.165) is 30.0 Å². The average Bonchev–Trinajstić information content (AvgIpc) is 2.85. The minimum atomic E-state index is -0.665. The summed E-state index contributed by atoms with van der Waals surface area (Å²) in [5.74, 6) is 3.79. The largest absolute Gasteiger partial charge is 0.493 e. The van der Waals surface area contributed by atoms with Crippen molar-refractivity contribution in [2.75, 3.05) is 6.61 Å². The van der Waals surface area contributed by atoms with Gasteiger partial charge in [0.1, 0.15) is 29.0 Å². The van der Waals surface area contributed by atoms with Gasteiger partial charge in [0.2, 0.25) is 0 Å². The second-order valence-corrected chi connectivity index (χ2v) is 8.69. The highest BCUT2D eigenvalue weighted by atomic mass is 19.1. The van der Waals surface area contributed by atoms with Crippen LogP contribution in [0, 0.1) is 35.1 Å². The minimum Gasteiger partial charge on any atom is -0.493 e. The van der Waals surface area contributed by atoms with Crippen molar-refractivity contribution >= 4 is 10.8 Å². The van der Waals surface area contributed by atoms with Crippen LogP contribution >= 0.6 is 0 Å². The first kappa shape index (κ1) is 25.3. The van der Waals surface area contributed by atoms with Gasteiger partial charge in [-0.1, -0.05) is 49.8 Å². The number of halogens is 4. The lowest BCUT2D eigenvalue weighted by molar-refractivity contribution is 0.302. The molecule has 0 amide bonds. The van der Waals surface area contributed by atoms with Crippen LogP contribution in [-0.4, -0.2) is 6.61 Å². The zero-order valence-corrected chi connectivity index (χ0v) is 20.0. The Bertz CT molecular complexity index is 1410. The molecule has 0 atom stereocenters. The molecule has 0 unspecified atom stereocenters. The molecule has 0 aromatic heterocycles. The maximum Gasteiger partial charge on any atom is 0.139 e. The number of fused-ring (bicyclic) bond motifs is 1. The maximum atomic E-state index is 14.7. The Kier molecular flexibility index (Phi) is 8.28. The number of unbranched alkanes of at least 4 members (excludes halogenated alkanes) is 2. The SMILES string of the molecule is CCCCCOc1cc(F)c(CCc2ccc(C#Cc3ccc4cc(F)ccc4c3)c(F)c2)c(F)c1. The molecular weight excluding hydrogens is 464 g/mol. The molecule has 0 bridgehead atoms. The fourth-order valence-electron chi connectivity index (χ4n) is 3.96. The van der Waals surface area contributed by atoms with Crippen molar-refractivity contribution in [1.82, 2.24) is 0 Å². The molecular formula is C31H26F4O. The van der Waals surface area contributed by atoms with E-state index in [1.807, 2.05) is 6.07 Å². The monoisotopic (exact) mass is 490 g/mol. The molecule has 0 aliphatic heterocycles. The van der Waals surface area contributed by atoms with Gasteiger partial charge in [0.25, 0.3) is 0 Å². The molecule has 184 valence electrons. The summed E-state index contributed by atoms with van der Waals surface area (Å²) in [5, 5.41) is 1.60. The Hall–Kier alpha value is -3.78. The Balaban J connectivity index is 1.41. The van der Waals surface area contributed by atoms with Crippen LogP contribution in [0.3, 0.4) is 0 Å². The van der Waals surface area contributed by atoms with E-state index in [1.54, 1.807) is 30.3 Å². The number of hydrogen-bond acceptors (Lipinski definition) is 1. The summed E-state index contributed by atoms with van der Waals surface area (Å²) in [6.45, 7) is 2.49. The van der Waals surface area contributed by atoms with Crippen LogP contribution in [0.1, 0.15) is 48.4 Å². The summed E-state index contributed by atoms with van der Waals surface area (Å²) in [5.41, 5.74) is 1.47. The van der Waals surface area contributed by atoms with Crippen molar-refractivity contribution in [2.24, 2.45) is 0 Å². The molecule has 0 heterocycles. The van der Waals surface area contributed by atoms with Gasteiger partial charge in [0, 0.05) is 23.3 Å². The van der Waals surface area contributed by atoms with Crippen LogP contribution in [0.15, 0.2) is 66.7 Å². The highest BCUT2D eigenvalue weighted by Gasteiger charge is 2.13. The first-order valence-electron chi connectivity index (χ1n) is 12.0. The smallest absolute Gasteiger partial charge is 0.139 e. The minimum absolute atomic E-state index is 0.0450. The number of benzene rings is 4. The number of hydrogen-bond donors (Lipinski definition) is 0. The van der Waals surface area contributed by atoms with E-state index in [4.69, 9.17) is 4.74 Å². The van der Waals surface area contributed by atoms with Crippen LogP contribution in [-0.2, 0) is 12.8 Å². The first-order valence-corrected chi connectivity index (χ1v) is 12.0. The van der Waals surface area contributed by atoms with Gasteiger partial charge in [0.15, 0.2) is 0 Å². The normalized spacial score (nSPS) is 10.8. The molecule has 4 aromatic rings. The summed E-state index contributed by atoms with van der Waals surface area (Å²) >= 11 is 0. The third-order valence-electron chi connectivity index (χ3n) is 5.97. The van der Waals surface area contributed by atoms with Crippen molar-refractivity contribution in [3.63, 3.8) is 0 Å². The Morgan fingerprint density at radius 3 is 2.19 bits per heavy atom.